The summed E-state index contributed by atoms with van der Waals surface area (Å²) < 4.78 is 11.2. The summed E-state index contributed by atoms with van der Waals surface area (Å²) in [5.41, 5.74) is 8.18. The average molecular weight is 539 g/mol. The Morgan fingerprint density at radius 1 is 1.13 bits per heavy atom. The minimum Gasteiger partial charge on any atom is -0.444 e. The fourth-order valence-electron chi connectivity index (χ4n) is 4.87. The summed E-state index contributed by atoms with van der Waals surface area (Å²) in [5.74, 6) is -0.466. The summed E-state index contributed by atoms with van der Waals surface area (Å²) in [7, 11) is 1.59. The summed E-state index contributed by atoms with van der Waals surface area (Å²) >= 11 is 0. The summed E-state index contributed by atoms with van der Waals surface area (Å²) in [6.07, 6.45) is 6.00. The Morgan fingerprint density at radius 3 is 2.54 bits per heavy atom. The van der Waals surface area contributed by atoms with Gasteiger partial charge in [0.2, 0.25) is 5.91 Å². The number of carbonyl (C=O) groups excluding carboxylic acids is 3. The number of aromatic nitrogens is 2. The molecule has 0 bridgehead atoms. The largest absolute Gasteiger partial charge is 0.444 e. The normalized spacial score (nSPS) is 20.1. The van der Waals surface area contributed by atoms with E-state index in [1.165, 1.54) is 6.20 Å². The predicted molar refractivity (Wildman–Crippen MR) is 147 cm³/mol. The van der Waals surface area contributed by atoms with Gasteiger partial charge in [0.05, 0.1) is 41.8 Å². The zero-order chi connectivity index (χ0) is 28.2. The van der Waals surface area contributed by atoms with E-state index in [2.05, 4.69) is 15.3 Å². The number of nitrogens with zero attached hydrogens (tertiary/aromatic N) is 4. The lowest BCUT2D eigenvalue weighted by Gasteiger charge is -2.39. The molecule has 39 heavy (non-hydrogen) atoms. The fraction of sp³-hybridized carbons (Fsp3) is 0.536. The van der Waals surface area contributed by atoms with Crippen molar-refractivity contribution in [3.63, 3.8) is 0 Å². The molecule has 11 heteroatoms. The van der Waals surface area contributed by atoms with Crippen LogP contribution in [0.2, 0.25) is 0 Å². The van der Waals surface area contributed by atoms with Crippen LogP contribution in [0.15, 0.2) is 30.6 Å². The van der Waals surface area contributed by atoms with Crippen LogP contribution < -0.4 is 16.0 Å². The quantitative estimate of drug-likeness (QED) is 0.548. The highest BCUT2D eigenvalue weighted by molar-refractivity contribution is 5.98. The van der Waals surface area contributed by atoms with Crippen LogP contribution in [-0.2, 0) is 20.7 Å². The molecule has 2 atom stereocenters. The van der Waals surface area contributed by atoms with Crippen molar-refractivity contribution in [2.24, 2.45) is 5.73 Å². The van der Waals surface area contributed by atoms with Gasteiger partial charge in [-0.2, -0.15) is 0 Å². The number of hydrogen-bond donors (Lipinski definition) is 2. The second kappa shape index (κ2) is 12.0. The molecular formula is C28H38N6O5. The van der Waals surface area contributed by atoms with E-state index in [4.69, 9.17) is 15.2 Å². The number of nitrogens with two attached hydrogens (primary N) is 1. The Morgan fingerprint density at radius 2 is 1.90 bits per heavy atom. The van der Waals surface area contributed by atoms with Crippen LogP contribution in [0, 0.1) is 0 Å². The van der Waals surface area contributed by atoms with E-state index in [1.54, 1.807) is 29.2 Å². The van der Waals surface area contributed by atoms with Crippen molar-refractivity contribution in [2.45, 2.75) is 70.6 Å². The van der Waals surface area contributed by atoms with Crippen molar-refractivity contribution in [3.8, 4) is 0 Å². The van der Waals surface area contributed by atoms with Gasteiger partial charge >= 0.3 is 6.09 Å². The molecule has 2 fully saturated rings. The number of amides is 3. The minimum absolute atomic E-state index is 0.126. The van der Waals surface area contributed by atoms with Crippen molar-refractivity contribution in [1.82, 2.24) is 14.9 Å². The van der Waals surface area contributed by atoms with E-state index in [0.717, 1.165) is 24.2 Å². The molecule has 0 unspecified atom stereocenters. The zero-order valence-electron chi connectivity index (χ0n) is 23.1. The first-order valence-corrected chi connectivity index (χ1v) is 13.4. The van der Waals surface area contributed by atoms with Crippen molar-refractivity contribution in [1.29, 1.82) is 0 Å². The Labute approximate surface area is 229 Å². The average Bonchev–Trinajstić information content (AvgIpc) is 2.89. The van der Waals surface area contributed by atoms with Gasteiger partial charge in [-0.3, -0.25) is 19.6 Å². The van der Waals surface area contributed by atoms with Crippen LogP contribution in [0.25, 0.3) is 0 Å². The first-order chi connectivity index (χ1) is 18.5. The highest BCUT2D eigenvalue weighted by atomic mass is 16.6. The van der Waals surface area contributed by atoms with E-state index < -0.39 is 11.5 Å². The van der Waals surface area contributed by atoms with Crippen molar-refractivity contribution in [2.75, 3.05) is 37.0 Å². The molecule has 2 aromatic rings. The van der Waals surface area contributed by atoms with Gasteiger partial charge in [0.15, 0.2) is 0 Å². The molecule has 2 aromatic heterocycles. The molecule has 4 heterocycles. The Hall–Kier alpha value is -3.73. The van der Waals surface area contributed by atoms with E-state index in [-0.39, 0.29) is 29.7 Å². The summed E-state index contributed by atoms with van der Waals surface area (Å²) in [5, 5.41) is 3.41. The van der Waals surface area contributed by atoms with Crippen LogP contribution in [0.1, 0.15) is 68.2 Å². The molecule has 0 aliphatic carbocycles. The monoisotopic (exact) mass is 538 g/mol. The second-order valence-corrected chi connectivity index (χ2v) is 11.0. The van der Waals surface area contributed by atoms with Gasteiger partial charge in [0, 0.05) is 50.6 Å². The van der Waals surface area contributed by atoms with Crippen molar-refractivity contribution in [3.05, 3.63) is 47.5 Å². The van der Waals surface area contributed by atoms with Crippen molar-refractivity contribution >= 4 is 29.3 Å². The summed E-state index contributed by atoms with van der Waals surface area (Å²) in [4.78, 5) is 49.3. The molecule has 0 aromatic carbocycles. The minimum atomic E-state index is -0.592. The molecule has 0 spiro atoms. The number of methoxy groups -OCH3 is 1. The third-order valence-electron chi connectivity index (χ3n) is 6.89. The molecule has 210 valence electrons. The van der Waals surface area contributed by atoms with Crippen LogP contribution in [0.4, 0.5) is 16.2 Å². The SMILES string of the molecule is CO[C@H]1CN(C(=O)OC(C)(C)C)CC[C@H]1Nc1cc(Cc2ccc(N3CCCCC3=O)cn2)ncc1C(N)=O. The number of nitrogens with one attached hydrogen (secondary N) is 1. The van der Waals surface area contributed by atoms with Crippen molar-refractivity contribution < 1.29 is 23.9 Å². The number of anilines is 2. The summed E-state index contributed by atoms with van der Waals surface area (Å²) in [6, 6.07) is 5.43. The Balaban J connectivity index is 1.46. The molecule has 3 amide bonds. The van der Waals surface area contributed by atoms with Gasteiger partial charge in [-0.05, 0) is 58.2 Å². The first kappa shape index (κ1) is 28.3. The highest BCUT2D eigenvalue weighted by Gasteiger charge is 2.34. The lowest BCUT2D eigenvalue weighted by molar-refractivity contribution is -0.119. The zero-order valence-corrected chi connectivity index (χ0v) is 23.1. The predicted octanol–water partition coefficient (Wildman–Crippen LogP) is 3.12. The lowest BCUT2D eigenvalue weighted by Crippen LogP contribution is -2.53. The molecule has 4 rings (SSSR count). The molecule has 11 nitrogen and oxygen atoms in total. The van der Waals surface area contributed by atoms with Crippen LogP contribution in [-0.4, -0.2) is 77.3 Å². The number of ether oxygens (including phenoxy) is 2. The van der Waals surface area contributed by atoms with Gasteiger partial charge in [-0.15, -0.1) is 0 Å². The van der Waals surface area contributed by atoms with E-state index in [9.17, 15) is 14.4 Å². The van der Waals surface area contributed by atoms with Gasteiger partial charge in [-0.25, -0.2) is 4.79 Å². The molecule has 2 saturated heterocycles. The van der Waals surface area contributed by atoms with Gasteiger partial charge in [0.1, 0.15) is 5.60 Å². The third kappa shape index (κ3) is 7.23. The fourth-order valence-corrected chi connectivity index (χ4v) is 4.87. The van der Waals surface area contributed by atoms with E-state index >= 15 is 0 Å². The van der Waals surface area contributed by atoms with Gasteiger partial charge < -0.3 is 30.3 Å². The van der Waals surface area contributed by atoms with Gasteiger partial charge in [-0.1, -0.05) is 0 Å². The maximum atomic E-state index is 12.6. The standard InChI is InChI=1S/C28H38N6O5/c1-28(2,3)39-27(37)33-12-10-22(24(17-33)38-4)32-23-14-19(31-16-21(23)26(29)36)13-18-8-9-20(15-30-18)34-11-6-5-7-25(34)35/h8-9,14-16,22,24H,5-7,10-13,17H2,1-4H3,(H2,29,36)(H,31,32)/t22-,24+/m1/s1. The molecule has 0 saturated carbocycles. The molecule has 2 aliphatic rings. The first-order valence-electron chi connectivity index (χ1n) is 13.4. The molecular weight excluding hydrogens is 500 g/mol. The Kier molecular flexibility index (Phi) is 8.69. The van der Waals surface area contributed by atoms with Crippen LogP contribution in [0.5, 0.6) is 0 Å². The van der Waals surface area contributed by atoms with Gasteiger partial charge in [0.25, 0.3) is 5.91 Å². The smallest absolute Gasteiger partial charge is 0.410 e. The second-order valence-electron chi connectivity index (χ2n) is 11.0. The number of primary amides is 1. The molecule has 3 N–H and O–H groups in total. The highest BCUT2D eigenvalue weighted by Crippen LogP contribution is 2.25. The van der Waals surface area contributed by atoms with Crippen LogP contribution in [0.3, 0.4) is 0 Å². The van der Waals surface area contributed by atoms with Crippen LogP contribution >= 0.6 is 0 Å². The number of hydrogen-bond acceptors (Lipinski definition) is 8. The van der Waals surface area contributed by atoms with E-state index in [1.807, 2.05) is 32.9 Å². The number of likely N-dealkylation sites (tertiary alicyclic amines) is 1. The third-order valence-corrected chi connectivity index (χ3v) is 6.89. The molecule has 2 aliphatic heterocycles. The number of carbonyl (C=O) groups is 3. The summed E-state index contributed by atoms with van der Waals surface area (Å²) in [6.45, 7) is 7.04. The number of piperidine rings is 2. The Bertz CT molecular complexity index is 1200. The number of pyridine rings is 2. The molecule has 0 radical (unpaired) electrons. The number of rotatable bonds is 7. The topological polar surface area (TPSA) is 140 Å². The van der Waals surface area contributed by atoms with E-state index in [0.29, 0.717) is 50.3 Å². The maximum absolute atomic E-state index is 12.6. The lowest BCUT2D eigenvalue weighted by atomic mass is 10.0. The maximum Gasteiger partial charge on any atom is 0.410 e.